The summed E-state index contributed by atoms with van der Waals surface area (Å²) in [7, 11) is 0. The molecule has 0 radical (unpaired) electrons. The Morgan fingerprint density at radius 2 is 2.11 bits per heavy atom. The molecule has 0 aromatic carbocycles. The highest BCUT2D eigenvalue weighted by Gasteiger charge is 2.05. The molecular formula is C14H16ClN3O. The lowest BCUT2D eigenvalue weighted by Crippen LogP contribution is -2.13. The third-order valence-corrected chi connectivity index (χ3v) is 2.89. The lowest BCUT2D eigenvalue weighted by Gasteiger charge is -2.08. The standard InChI is InChI=1S/C14H16ClN3O/c1-3-16-9-13-12(15)6-7-14(18-13)19-11-5-4-10(2)17-8-11/h4-8,16H,3,9H2,1-2H3. The summed E-state index contributed by atoms with van der Waals surface area (Å²) in [5.74, 6) is 1.18. The molecule has 0 saturated heterocycles. The Morgan fingerprint density at radius 3 is 2.79 bits per heavy atom. The zero-order valence-electron chi connectivity index (χ0n) is 11.0. The molecule has 0 spiro atoms. The van der Waals surface area contributed by atoms with Crippen molar-refractivity contribution in [2.24, 2.45) is 0 Å². The molecule has 5 heteroatoms. The van der Waals surface area contributed by atoms with Gasteiger partial charge in [0.2, 0.25) is 5.88 Å². The monoisotopic (exact) mass is 277 g/mol. The van der Waals surface area contributed by atoms with Crippen LogP contribution >= 0.6 is 11.6 Å². The third kappa shape index (κ3) is 3.91. The second-order valence-electron chi connectivity index (χ2n) is 4.10. The Morgan fingerprint density at radius 1 is 1.26 bits per heavy atom. The van der Waals surface area contributed by atoms with Gasteiger partial charge in [0.25, 0.3) is 0 Å². The number of hydrogen-bond donors (Lipinski definition) is 1. The third-order valence-electron chi connectivity index (χ3n) is 2.54. The zero-order valence-corrected chi connectivity index (χ0v) is 11.7. The second kappa shape index (κ2) is 6.50. The molecule has 0 aliphatic heterocycles. The lowest BCUT2D eigenvalue weighted by molar-refractivity contribution is 0.457. The minimum absolute atomic E-state index is 0.517. The van der Waals surface area contributed by atoms with Crippen LogP contribution in [0.25, 0.3) is 0 Å². The van der Waals surface area contributed by atoms with Crippen LogP contribution in [-0.4, -0.2) is 16.5 Å². The Labute approximate surface area is 117 Å². The van der Waals surface area contributed by atoms with Gasteiger partial charge in [-0.25, -0.2) is 4.98 Å². The van der Waals surface area contributed by atoms with E-state index in [0.29, 0.717) is 23.2 Å². The molecule has 0 amide bonds. The first-order chi connectivity index (χ1) is 9.19. The fourth-order valence-corrected chi connectivity index (χ4v) is 1.70. The van der Waals surface area contributed by atoms with Gasteiger partial charge in [0.05, 0.1) is 16.9 Å². The number of nitrogens with zero attached hydrogens (tertiary/aromatic N) is 2. The first kappa shape index (κ1) is 13.8. The molecule has 19 heavy (non-hydrogen) atoms. The van der Waals surface area contributed by atoms with Gasteiger partial charge in [0, 0.05) is 18.3 Å². The molecule has 0 aliphatic carbocycles. The molecule has 2 aromatic heterocycles. The SMILES string of the molecule is CCNCc1nc(Oc2ccc(C)nc2)ccc1Cl. The van der Waals surface area contributed by atoms with Crippen LogP contribution in [0.5, 0.6) is 11.6 Å². The highest BCUT2D eigenvalue weighted by atomic mass is 35.5. The minimum atomic E-state index is 0.517. The predicted octanol–water partition coefficient (Wildman–Crippen LogP) is 3.34. The number of pyridine rings is 2. The molecule has 0 bridgehead atoms. The lowest BCUT2D eigenvalue weighted by atomic mass is 10.3. The van der Waals surface area contributed by atoms with Gasteiger partial charge in [0.1, 0.15) is 5.75 Å². The Balaban J connectivity index is 2.14. The molecule has 2 aromatic rings. The van der Waals surface area contributed by atoms with Gasteiger partial charge in [0.15, 0.2) is 0 Å². The van der Waals surface area contributed by atoms with Crippen molar-refractivity contribution in [1.29, 1.82) is 0 Å². The van der Waals surface area contributed by atoms with Crippen molar-refractivity contribution in [3.63, 3.8) is 0 Å². The Bertz CT molecular complexity index is 543. The Kier molecular flexibility index (Phi) is 4.71. The van der Waals surface area contributed by atoms with Crippen LogP contribution in [0.15, 0.2) is 30.5 Å². The van der Waals surface area contributed by atoms with Gasteiger partial charge in [-0.2, -0.15) is 0 Å². The zero-order chi connectivity index (χ0) is 13.7. The minimum Gasteiger partial charge on any atom is -0.437 e. The number of halogens is 1. The van der Waals surface area contributed by atoms with E-state index in [1.165, 1.54) is 0 Å². The number of nitrogens with one attached hydrogen (secondary N) is 1. The molecule has 100 valence electrons. The van der Waals surface area contributed by atoms with Crippen LogP contribution < -0.4 is 10.1 Å². The van der Waals surface area contributed by atoms with Crippen molar-refractivity contribution in [2.75, 3.05) is 6.54 Å². The maximum absolute atomic E-state index is 6.09. The number of ether oxygens (including phenoxy) is 1. The number of aromatic nitrogens is 2. The van der Waals surface area contributed by atoms with E-state index < -0.39 is 0 Å². The van der Waals surface area contributed by atoms with Crippen LogP contribution in [0.4, 0.5) is 0 Å². The van der Waals surface area contributed by atoms with Crippen molar-refractivity contribution in [3.05, 3.63) is 46.9 Å². The summed E-state index contributed by atoms with van der Waals surface area (Å²) in [6.07, 6.45) is 1.68. The smallest absolute Gasteiger partial charge is 0.219 e. The van der Waals surface area contributed by atoms with Gasteiger partial charge in [-0.3, -0.25) is 4.98 Å². The highest BCUT2D eigenvalue weighted by Crippen LogP contribution is 2.22. The maximum atomic E-state index is 6.09. The van der Waals surface area contributed by atoms with Gasteiger partial charge in [-0.15, -0.1) is 0 Å². The van der Waals surface area contributed by atoms with Crippen LogP contribution in [0.3, 0.4) is 0 Å². The summed E-state index contributed by atoms with van der Waals surface area (Å²) in [4.78, 5) is 8.56. The predicted molar refractivity (Wildman–Crippen MR) is 75.7 cm³/mol. The normalized spacial score (nSPS) is 10.5. The second-order valence-corrected chi connectivity index (χ2v) is 4.50. The molecule has 0 saturated carbocycles. The fraction of sp³-hybridized carbons (Fsp3) is 0.286. The van der Waals surface area contributed by atoms with E-state index in [2.05, 4.69) is 15.3 Å². The fourth-order valence-electron chi connectivity index (χ4n) is 1.52. The molecule has 0 aliphatic rings. The summed E-state index contributed by atoms with van der Waals surface area (Å²) in [6.45, 7) is 5.45. The van der Waals surface area contributed by atoms with E-state index in [1.807, 2.05) is 26.0 Å². The van der Waals surface area contributed by atoms with E-state index in [-0.39, 0.29) is 0 Å². The first-order valence-electron chi connectivity index (χ1n) is 6.15. The topological polar surface area (TPSA) is 47.0 Å². The summed E-state index contributed by atoms with van der Waals surface area (Å²) >= 11 is 6.09. The summed E-state index contributed by atoms with van der Waals surface area (Å²) in [5, 5.41) is 3.82. The van der Waals surface area contributed by atoms with Crippen molar-refractivity contribution in [2.45, 2.75) is 20.4 Å². The van der Waals surface area contributed by atoms with Gasteiger partial charge in [-0.05, 0) is 31.7 Å². The molecule has 4 nitrogen and oxygen atoms in total. The number of hydrogen-bond acceptors (Lipinski definition) is 4. The van der Waals surface area contributed by atoms with Crippen LogP contribution in [0.2, 0.25) is 5.02 Å². The van der Waals surface area contributed by atoms with Crippen LogP contribution in [-0.2, 0) is 6.54 Å². The largest absolute Gasteiger partial charge is 0.437 e. The van der Waals surface area contributed by atoms with Crippen molar-refractivity contribution in [3.8, 4) is 11.6 Å². The van der Waals surface area contributed by atoms with Crippen molar-refractivity contribution in [1.82, 2.24) is 15.3 Å². The van der Waals surface area contributed by atoms with Gasteiger partial charge in [-0.1, -0.05) is 18.5 Å². The average molecular weight is 278 g/mol. The average Bonchev–Trinajstić information content (AvgIpc) is 2.42. The molecule has 0 unspecified atom stereocenters. The molecule has 2 heterocycles. The highest BCUT2D eigenvalue weighted by molar-refractivity contribution is 6.31. The van der Waals surface area contributed by atoms with Crippen molar-refractivity contribution >= 4 is 11.6 Å². The molecule has 1 N–H and O–H groups in total. The van der Waals surface area contributed by atoms with E-state index in [0.717, 1.165) is 17.9 Å². The van der Waals surface area contributed by atoms with E-state index in [9.17, 15) is 0 Å². The molecular weight excluding hydrogens is 262 g/mol. The van der Waals surface area contributed by atoms with Crippen LogP contribution in [0, 0.1) is 6.92 Å². The van der Waals surface area contributed by atoms with Gasteiger partial charge < -0.3 is 10.1 Å². The Hall–Kier alpha value is -1.65. The van der Waals surface area contributed by atoms with E-state index in [4.69, 9.17) is 16.3 Å². The van der Waals surface area contributed by atoms with E-state index >= 15 is 0 Å². The quantitative estimate of drug-likeness (QED) is 0.910. The number of rotatable bonds is 5. The summed E-state index contributed by atoms with van der Waals surface area (Å²) in [5.41, 5.74) is 1.73. The van der Waals surface area contributed by atoms with Crippen molar-refractivity contribution < 1.29 is 4.74 Å². The summed E-state index contributed by atoms with van der Waals surface area (Å²) in [6, 6.07) is 7.29. The van der Waals surface area contributed by atoms with Crippen LogP contribution in [0.1, 0.15) is 18.3 Å². The first-order valence-corrected chi connectivity index (χ1v) is 6.53. The van der Waals surface area contributed by atoms with E-state index in [1.54, 1.807) is 18.3 Å². The molecule has 2 rings (SSSR count). The summed E-state index contributed by atoms with van der Waals surface area (Å²) < 4.78 is 5.65. The molecule has 0 fully saturated rings. The van der Waals surface area contributed by atoms with Gasteiger partial charge >= 0.3 is 0 Å². The molecule has 0 atom stereocenters. The maximum Gasteiger partial charge on any atom is 0.219 e. The number of aryl methyl sites for hydroxylation is 1.